The summed E-state index contributed by atoms with van der Waals surface area (Å²) in [6, 6.07) is 15.5. The lowest BCUT2D eigenvalue weighted by Gasteiger charge is -2.13. The molecule has 0 unspecified atom stereocenters. The van der Waals surface area contributed by atoms with Gasteiger partial charge in [-0.1, -0.05) is 59.6 Å². The molecule has 0 fully saturated rings. The lowest BCUT2D eigenvalue weighted by Crippen LogP contribution is -1.95. The van der Waals surface area contributed by atoms with Crippen molar-refractivity contribution in [2.24, 2.45) is 0 Å². The van der Waals surface area contributed by atoms with E-state index in [1.54, 1.807) is 0 Å². The van der Waals surface area contributed by atoms with Gasteiger partial charge in [0.05, 0.1) is 0 Å². The highest BCUT2D eigenvalue weighted by atomic mass is 35.5. The van der Waals surface area contributed by atoms with Crippen LogP contribution in [0.25, 0.3) is 11.1 Å². The van der Waals surface area contributed by atoms with Gasteiger partial charge in [-0.25, -0.2) is 0 Å². The van der Waals surface area contributed by atoms with E-state index >= 15 is 0 Å². The Kier molecular flexibility index (Phi) is 4.73. The SMILES string of the molecule is ClCOc1ccccc1-c1ccccc1OCCl. The molecular formula is C14H12Cl2O2. The van der Waals surface area contributed by atoms with Crippen molar-refractivity contribution in [2.45, 2.75) is 0 Å². The molecule has 0 aliphatic heterocycles. The molecule has 0 saturated heterocycles. The van der Waals surface area contributed by atoms with Crippen molar-refractivity contribution in [3.05, 3.63) is 48.5 Å². The maximum absolute atomic E-state index is 5.62. The topological polar surface area (TPSA) is 18.5 Å². The molecule has 0 aliphatic carbocycles. The van der Waals surface area contributed by atoms with E-state index in [1.165, 1.54) is 0 Å². The molecule has 18 heavy (non-hydrogen) atoms. The molecule has 0 N–H and O–H groups in total. The molecule has 0 aliphatic rings. The average molecular weight is 283 g/mol. The molecule has 2 aromatic carbocycles. The van der Waals surface area contributed by atoms with E-state index in [4.69, 9.17) is 32.7 Å². The predicted octanol–water partition coefficient (Wildman–Crippen LogP) is 4.50. The minimum Gasteiger partial charge on any atom is -0.477 e. The van der Waals surface area contributed by atoms with E-state index in [0.29, 0.717) is 0 Å². The third kappa shape index (κ3) is 2.89. The molecule has 0 heterocycles. The number of halogens is 2. The summed E-state index contributed by atoms with van der Waals surface area (Å²) < 4.78 is 10.8. The second-order valence-corrected chi connectivity index (χ2v) is 3.94. The van der Waals surface area contributed by atoms with Crippen LogP contribution in [0.5, 0.6) is 11.5 Å². The van der Waals surface area contributed by atoms with Gasteiger partial charge in [0.15, 0.2) is 12.1 Å². The fraction of sp³-hybridized carbons (Fsp3) is 0.143. The van der Waals surface area contributed by atoms with Gasteiger partial charge in [-0.3, -0.25) is 0 Å². The molecule has 94 valence electrons. The zero-order chi connectivity index (χ0) is 12.8. The second kappa shape index (κ2) is 6.53. The van der Waals surface area contributed by atoms with Crippen molar-refractivity contribution in [1.29, 1.82) is 0 Å². The Hall–Kier alpha value is -1.38. The molecule has 0 saturated carbocycles. The van der Waals surface area contributed by atoms with Gasteiger partial charge in [-0.2, -0.15) is 0 Å². The van der Waals surface area contributed by atoms with E-state index in [1.807, 2.05) is 48.5 Å². The minimum atomic E-state index is 0.107. The summed E-state index contributed by atoms with van der Waals surface area (Å²) in [6.07, 6.45) is 0. The van der Waals surface area contributed by atoms with Crippen LogP contribution in [0.4, 0.5) is 0 Å². The first-order valence-corrected chi connectivity index (χ1v) is 6.49. The van der Waals surface area contributed by atoms with Crippen LogP contribution in [-0.2, 0) is 0 Å². The fourth-order valence-electron chi connectivity index (χ4n) is 1.75. The number of hydrogen-bond acceptors (Lipinski definition) is 2. The van der Waals surface area contributed by atoms with E-state index in [2.05, 4.69) is 0 Å². The van der Waals surface area contributed by atoms with E-state index in [0.717, 1.165) is 22.6 Å². The number of rotatable bonds is 5. The molecule has 2 aromatic rings. The highest BCUT2D eigenvalue weighted by Crippen LogP contribution is 2.36. The maximum atomic E-state index is 5.62. The summed E-state index contributed by atoms with van der Waals surface area (Å²) in [6.45, 7) is 0. The molecule has 0 atom stereocenters. The van der Waals surface area contributed by atoms with Crippen LogP contribution in [-0.4, -0.2) is 12.1 Å². The van der Waals surface area contributed by atoms with Crippen LogP contribution in [0.1, 0.15) is 0 Å². The monoisotopic (exact) mass is 282 g/mol. The summed E-state index contributed by atoms with van der Waals surface area (Å²) in [5, 5.41) is 0. The van der Waals surface area contributed by atoms with Crippen molar-refractivity contribution in [3.8, 4) is 22.6 Å². The van der Waals surface area contributed by atoms with Crippen LogP contribution < -0.4 is 9.47 Å². The van der Waals surface area contributed by atoms with Gasteiger partial charge in [0.1, 0.15) is 11.5 Å². The third-order valence-electron chi connectivity index (χ3n) is 2.48. The maximum Gasteiger partial charge on any atom is 0.162 e. The predicted molar refractivity (Wildman–Crippen MR) is 74.6 cm³/mol. The van der Waals surface area contributed by atoms with Gasteiger partial charge < -0.3 is 9.47 Å². The Balaban J connectivity index is 2.47. The lowest BCUT2D eigenvalue weighted by atomic mass is 10.0. The lowest BCUT2D eigenvalue weighted by molar-refractivity contribution is 0.384. The molecule has 0 spiro atoms. The molecular weight excluding hydrogens is 271 g/mol. The van der Waals surface area contributed by atoms with E-state index < -0.39 is 0 Å². The highest BCUT2D eigenvalue weighted by molar-refractivity contribution is 6.17. The highest BCUT2D eigenvalue weighted by Gasteiger charge is 2.10. The zero-order valence-corrected chi connectivity index (χ0v) is 11.1. The van der Waals surface area contributed by atoms with Gasteiger partial charge in [-0.15, -0.1) is 0 Å². The average Bonchev–Trinajstić information content (AvgIpc) is 2.41. The first-order valence-electron chi connectivity index (χ1n) is 5.42. The van der Waals surface area contributed by atoms with Gasteiger partial charge >= 0.3 is 0 Å². The molecule has 2 rings (SSSR count). The van der Waals surface area contributed by atoms with Crippen molar-refractivity contribution in [2.75, 3.05) is 12.1 Å². The van der Waals surface area contributed by atoms with Crippen LogP contribution in [0.15, 0.2) is 48.5 Å². The normalized spacial score (nSPS) is 10.1. The summed E-state index contributed by atoms with van der Waals surface area (Å²) >= 11 is 11.2. The molecule has 0 aromatic heterocycles. The fourth-order valence-corrected chi connectivity index (χ4v) is 1.98. The number of hydrogen-bond donors (Lipinski definition) is 0. The Labute approximate surface area is 116 Å². The molecule has 0 bridgehead atoms. The van der Waals surface area contributed by atoms with Gasteiger partial charge in [-0.05, 0) is 12.1 Å². The van der Waals surface area contributed by atoms with Gasteiger partial charge in [0.25, 0.3) is 0 Å². The van der Waals surface area contributed by atoms with Gasteiger partial charge in [0, 0.05) is 11.1 Å². The number of benzene rings is 2. The number of ether oxygens (including phenoxy) is 2. The van der Waals surface area contributed by atoms with Crippen molar-refractivity contribution < 1.29 is 9.47 Å². The summed E-state index contributed by atoms with van der Waals surface area (Å²) in [7, 11) is 0. The molecule has 0 radical (unpaired) electrons. The Morgan fingerprint density at radius 1 is 0.667 bits per heavy atom. The quantitative estimate of drug-likeness (QED) is 0.752. The summed E-state index contributed by atoms with van der Waals surface area (Å²) in [5.74, 6) is 1.44. The van der Waals surface area contributed by atoms with Crippen LogP contribution in [0.3, 0.4) is 0 Å². The van der Waals surface area contributed by atoms with E-state index in [9.17, 15) is 0 Å². The number of para-hydroxylation sites is 2. The Morgan fingerprint density at radius 2 is 1.06 bits per heavy atom. The first-order chi connectivity index (χ1) is 8.86. The van der Waals surface area contributed by atoms with Crippen molar-refractivity contribution >= 4 is 23.2 Å². The first kappa shape index (κ1) is 13.1. The van der Waals surface area contributed by atoms with Crippen LogP contribution >= 0.6 is 23.2 Å². The van der Waals surface area contributed by atoms with Crippen molar-refractivity contribution in [1.82, 2.24) is 0 Å². The zero-order valence-electron chi connectivity index (χ0n) is 9.61. The summed E-state index contributed by atoms with van der Waals surface area (Å²) in [4.78, 5) is 0. The summed E-state index contributed by atoms with van der Waals surface area (Å²) in [5.41, 5.74) is 1.86. The van der Waals surface area contributed by atoms with Gasteiger partial charge in [0.2, 0.25) is 0 Å². The number of alkyl halides is 2. The largest absolute Gasteiger partial charge is 0.477 e. The molecule has 0 amide bonds. The third-order valence-corrected chi connectivity index (χ3v) is 2.70. The molecule has 2 nitrogen and oxygen atoms in total. The van der Waals surface area contributed by atoms with E-state index in [-0.39, 0.29) is 12.1 Å². The Bertz CT molecular complexity index is 467. The smallest absolute Gasteiger partial charge is 0.162 e. The molecule has 4 heteroatoms. The van der Waals surface area contributed by atoms with Crippen LogP contribution in [0.2, 0.25) is 0 Å². The van der Waals surface area contributed by atoms with Crippen LogP contribution in [0, 0.1) is 0 Å². The Morgan fingerprint density at radius 3 is 1.44 bits per heavy atom. The second-order valence-electron chi connectivity index (χ2n) is 3.50. The van der Waals surface area contributed by atoms with Crippen molar-refractivity contribution in [3.63, 3.8) is 0 Å². The standard InChI is InChI=1S/C14H12Cl2O2/c15-9-17-13-7-3-1-5-11(13)12-6-2-4-8-14(12)18-10-16/h1-8H,9-10H2. The minimum absolute atomic E-state index is 0.107.